The van der Waals surface area contributed by atoms with Crippen LogP contribution in [0.5, 0.6) is 0 Å². The van der Waals surface area contributed by atoms with Gasteiger partial charge in [0.2, 0.25) is 0 Å². The fraction of sp³-hybridized carbons (Fsp3) is 0.0769. The Labute approximate surface area is 126 Å². The van der Waals surface area contributed by atoms with E-state index in [1.807, 2.05) is 36.6 Å². The third-order valence-corrected chi connectivity index (χ3v) is 4.71. The summed E-state index contributed by atoms with van der Waals surface area (Å²) in [4.78, 5) is 15.6. The van der Waals surface area contributed by atoms with E-state index in [4.69, 9.17) is 12.2 Å². The molecule has 6 heteroatoms. The zero-order valence-electron chi connectivity index (χ0n) is 9.94. The van der Waals surface area contributed by atoms with Gasteiger partial charge in [-0.25, -0.2) is 0 Å². The van der Waals surface area contributed by atoms with E-state index in [1.54, 1.807) is 0 Å². The van der Waals surface area contributed by atoms with Crippen molar-refractivity contribution in [2.45, 2.75) is 6.92 Å². The minimum absolute atomic E-state index is 0.0833. The van der Waals surface area contributed by atoms with Crippen molar-refractivity contribution in [3.05, 3.63) is 54.8 Å². The summed E-state index contributed by atoms with van der Waals surface area (Å²) in [5.74, 6) is 0. The highest BCUT2D eigenvalue weighted by atomic mass is 79.9. The van der Waals surface area contributed by atoms with E-state index in [2.05, 4.69) is 20.9 Å². The predicted octanol–water partition coefficient (Wildman–Crippen LogP) is 4.18. The van der Waals surface area contributed by atoms with Crippen LogP contribution in [-0.2, 0) is 0 Å². The number of aromatic nitrogens is 2. The van der Waals surface area contributed by atoms with Crippen LogP contribution in [0.3, 0.4) is 0 Å². The monoisotopic (exact) mass is 352 g/mol. The molecule has 0 amide bonds. The van der Waals surface area contributed by atoms with Crippen molar-refractivity contribution in [3.63, 3.8) is 0 Å². The number of aryl methyl sites for hydroxylation is 1. The minimum atomic E-state index is -0.0833. The average molecular weight is 353 g/mol. The van der Waals surface area contributed by atoms with Crippen LogP contribution in [0.15, 0.2) is 38.9 Å². The largest absolute Gasteiger partial charge is 0.331 e. The fourth-order valence-corrected chi connectivity index (χ4v) is 3.44. The van der Waals surface area contributed by atoms with E-state index in [9.17, 15) is 4.79 Å². The Kier molecular flexibility index (Phi) is 3.16. The molecule has 0 aliphatic rings. The summed E-state index contributed by atoms with van der Waals surface area (Å²) >= 11 is 10.2. The Morgan fingerprint density at radius 2 is 2.16 bits per heavy atom. The lowest BCUT2D eigenvalue weighted by atomic mass is 10.2. The van der Waals surface area contributed by atoms with E-state index in [1.165, 1.54) is 15.9 Å². The molecule has 0 aliphatic heterocycles. The van der Waals surface area contributed by atoms with Crippen LogP contribution in [0.4, 0.5) is 0 Å². The lowest BCUT2D eigenvalue weighted by molar-refractivity contribution is 0.937. The Bertz CT molecular complexity index is 892. The summed E-state index contributed by atoms with van der Waals surface area (Å²) in [6.07, 6.45) is 0. The molecule has 2 heterocycles. The van der Waals surface area contributed by atoms with Gasteiger partial charge >= 0.3 is 0 Å². The fourth-order valence-electron chi connectivity index (χ4n) is 1.95. The smallest absolute Gasteiger partial charge is 0.276 e. The van der Waals surface area contributed by atoms with Crippen LogP contribution < -0.4 is 5.56 Å². The molecule has 0 saturated heterocycles. The molecule has 0 spiro atoms. The maximum absolute atomic E-state index is 12.5. The Morgan fingerprint density at radius 3 is 2.95 bits per heavy atom. The molecule has 1 N–H and O–H groups in total. The molecule has 0 bridgehead atoms. The number of rotatable bonds is 1. The van der Waals surface area contributed by atoms with Gasteiger partial charge in [-0.05, 0) is 64.2 Å². The first kappa shape index (κ1) is 12.8. The number of halogens is 1. The highest BCUT2D eigenvalue weighted by Crippen LogP contribution is 2.23. The number of benzene rings is 1. The lowest BCUT2D eigenvalue weighted by Crippen LogP contribution is -2.20. The minimum Gasteiger partial charge on any atom is -0.331 e. The van der Waals surface area contributed by atoms with Crippen LogP contribution in [0.2, 0.25) is 0 Å². The molecule has 1 aromatic carbocycles. The molecular weight excluding hydrogens is 344 g/mol. The van der Waals surface area contributed by atoms with Gasteiger partial charge in [0.25, 0.3) is 5.56 Å². The quantitative estimate of drug-likeness (QED) is 0.667. The second-order valence-electron chi connectivity index (χ2n) is 4.19. The zero-order valence-corrected chi connectivity index (χ0v) is 13.2. The van der Waals surface area contributed by atoms with Crippen molar-refractivity contribution in [1.29, 1.82) is 0 Å². The number of fused-ring (bicyclic) bond motifs is 1. The standard InChI is InChI=1S/C13H9BrN2OS2/c1-7-2-3-8(14)10(6-7)16-12(17)11-9(4-5-19-11)15-13(16)18/h2-6H,1H3,(H,15,18). The van der Waals surface area contributed by atoms with Crippen molar-refractivity contribution in [1.82, 2.24) is 9.55 Å². The zero-order chi connectivity index (χ0) is 13.6. The van der Waals surface area contributed by atoms with Gasteiger partial charge < -0.3 is 4.98 Å². The summed E-state index contributed by atoms with van der Waals surface area (Å²) in [6.45, 7) is 1.98. The summed E-state index contributed by atoms with van der Waals surface area (Å²) in [7, 11) is 0. The SMILES string of the molecule is Cc1ccc(Br)c(-n2c(=S)[nH]c3ccsc3c2=O)c1. The van der Waals surface area contributed by atoms with Gasteiger partial charge in [-0.15, -0.1) is 11.3 Å². The van der Waals surface area contributed by atoms with Gasteiger partial charge in [0.15, 0.2) is 4.77 Å². The molecular formula is C13H9BrN2OS2. The molecule has 3 aromatic rings. The normalized spacial score (nSPS) is 11.1. The highest BCUT2D eigenvalue weighted by molar-refractivity contribution is 9.10. The van der Waals surface area contributed by atoms with E-state index >= 15 is 0 Å². The number of hydrogen-bond donors (Lipinski definition) is 1. The van der Waals surface area contributed by atoms with E-state index in [-0.39, 0.29) is 5.56 Å². The first-order valence-corrected chi connectivity index (χ1v) is 7.65. The number of hydrogen-bond acceptors (Lipinski definition) is 3. The van der Waals surface area contributed by atoms with Crippen LogP contribution in [0.25, 0.3) is 15.9 Å². The molecule has 96 valence electrons. The number of thiophene rings is 1. The number of nitrogens with one attached hydrogen (secondary N) is 1. The molecule has 2 aromatic heterocycles. The second-order valence-corrected chi connectivity index (χ2v) is 6.35. The van der Waals surface area contributed by atoms with Crippen molar-refractivity contribution >= 4 is 49.7 Å². The van der Waals surface area contributed by atoms with Gasteiger partial charge in [-0.3, -0.25) is 9.36 Å². The molecule has 19 heavy (non-hydrogen) atoms. The van der Waals surface area contributed by atoms with Gasteiger partial charge in [0.1, 0.15) is 4.70 Å². The first-order valence-electron chi connectivity index (χ1n) is 5.57. The maximum Gasteiger partial charge on any atom is 0.276 e. The Morgan fingerprint density at radius 1 is 1.37 bits per heavy atom. The number of nitrogens with zero attached hydrogens (tertiary/aromatic N) is 1. The van der Waals surface area contributed by atoms with Crippen molar-refractivity contribution in [3.8, 4) is 5.69 Å². The first-order chi connectivity index (χ1) is 9.08. The van der Waals surface area contributed by atoms with Crippen molar-refractivity contribution < 1.29 is 0 Å². The molecule has 0 aliphatic carbocycles. The lowest BCUT2D eigenvalue weighted by Gasteiger charge is -2.09. The predicted molar refractivity (Wildman–Crippen MR) is 85.0 cm³/mol. The third-order valence-electron chi connectivity index (χ3n) is 2.85. The summed E-state index contributed by atoms with van der Waals surface area (Å²) in [5, 5.41) is 1.88. The summed E-state index contributed by atoms with van der Waals surface area (Å²) in [5.41, 5.74) is 2.55. The van der Waals surface area contributed by atoms with Crippen molar-refractivity contribution in [2.75, 3.05) is 0 Å². The van der Waals surface area contributed by atoms with E-state index < -0.39 is 0 Å². The van der Waals surface area contributed by atoms with E-state index in [0.717, 1.165) is 21.2 Å². The number of H-pyrrole nitrogens is 1. The van der Waals surface area contributed by atoms with Crippen molar-refractivity contribution in [2.24, 2.45) is 0 Å². The number of aromatic amines is 1. The topological polar surface area (TPSA) is 37.8 Å². The van der Waals surface area contributed by atoms with Gasteiger partial charge in [-0.1, -0.05) is 6.07 Å². The third kappa shape index (κ3) is 2.09. The second kappa shape index (κ2) is 4.70. The summed E-state index contributed by atoms with van der Waals surface area (Å²) < 4.78 is 3.46. The van der Waals surface area contributed by atoms with Gasteiger partial charge in [-0.2, -0.15) is 0 Å². The molecule has 0 saturated carbocycles. The van der Waals surface area contributed by atoms with E-state index in [0.29, 0.717) is 9.47 Å². The van der Waals surface area contributed by atoms with Crippen LogP contribution in [0, 0.1) is 11.7 Å². The summed E-state index contributed by atoms with van der Waals surface area (Å²) in [6, 6.07) is 7.71. The Hall–Kier alpha value is -1.24. The van der Waals surface area contributed by atoms with Gasteiger partial charge in [0, 0.05) is 4.47 Å². The van der Waals surface area contributed by atoms with Crippen LogP contribution in [-0.4, -0.2) is 9.55 Å². The molecule has 0 unspecified atom stereocenters. The van der Waals surface area contributed by atoms with Gasteiger partial charge in [0.05, 0.1) is 11.2 Å². The molecule has 0 atom stereocenters. The molecule has 0 radical (unpaired) electrons. The average Bonchev–Trinajstić information content (AvgIpc) is 2.82. The van der Waals surface area contributed by atoms with Crippen LogP contribution in [0.1, 0.15) is 5.56 Å². The molecule has 3 rings (SSSR count). The highest BCUT2D eigenvalue weighted by Gasteiger charge is 2.11. The Balaban J connectivity index is 2.46. The molecule has 0 fully saturated rings. The molecule has 3 nitrogen and oxygen atoms in total. The van der Waals surface area contributed by atoms with Crippen LogP contribution >= 0.6 is 39.5 Å². The maximum atomic E-state index is 12.5.